The Labute approximate surface area is 177 Å². The molecule has 0 radical (unpaired) electrons. The number of carbonyl (C=O) groups is 2. The number of imide groups is 1. The molecule has 0 aliphatic carbocycles. The molecule has 2 amide bonds. The van der Waals surface area contributed by atoms with Gasteiger partial charge in [0.15, 0.2) is 0 Å². The SMILES string of the molecule is CCN(C1=C(c2ccc(C)cc2)C(=O)N(Cc2ccccc2)C1=O)c1ccccc1. The van der Waals surface area contributed by atoms with Gasteiger partial charge in [-0.3, -0.25) is 14.5 Å². The third-order valence-corrected chi connectivity index (χ3v) is 5.32. The van der Waals surface area contributed by atoms with E-state index in [1.807, 2.05) is 104 Å². The molecule has 4 rings (SSSR count). The van der Waals surface area contributed by atoms with Gasteiger partial charge in [0.05, 0.1) is 12.1 Å². The van der Waals surface area contributed by atoms with E-state index in [1.54, 1.807) is 0 Å². The molecular formula is C26H24N2O2. The van der Waals surface area contributed by atoms with Gasteiger partial charge in [-0.1, -0.05) is 78.4 Å². The minimum absolute atomic E-state index is 0.253. The molecule has 4 nitrogen and oxygen atoms in total. The highest BCUT2D eigenvalue weighted by Crippen LogP contribution is 2.35. The van der Waals surface area contributed by atoms with Crippen molar-refractivity contribution >= 4 is 23.1 Å². The Morgan fingerprint density at radius 2 is 1.37 bits per heavy atom. The van der Waals surface area contributed by atoms with Crippen molar-refractivity contribution in [3.05, 3.63) is 107 Å². The number of amides is 2. The Hall–Kier alpha value is -3.66. The topological polar surface area (TPSA) is 40.6 Å². The predicted molar refractivity (Wildman–Crippen MR) is 120 cm³/mol. The number of nitrogens with zero attached hydrogens (tertiary/aromatic N) is 2. The largest absolute Gasteiger partial charge is 0.337 e. The molecule has 4 heteroatoms. The first-order valence-corrected chi connectivity index (χ1v) is 10.1. The van der Waals surface area contributed by atoms with Crippen LogP contribution in [-0.4, -0.2) is 23.3 Å². The number of carbonyl (C=O) groups excluding carboxylic acids is 2. The molecule has 0 aromatic heterocycles. The van der Waals surface area contributed by atoms with Gasteiger partial charge < -0.3 is 4.90 Å². The van der Waals surface area contributed by atoms with Crippen LogP contribution in [0.2, 0.25) is 0 Å². The average molecular weight is 396 g/mol. The zero-order valence-electron chi connectivity index (χ0n) is 17.2. The van der Waals surface area contributed by atoms with Crippen molar-refractivity contribution in [1.29, 1.82) is 0 Å². The quantitative estimate of drug-likeness (QED) is 0.562. The molecule has 0 spiro atoms. The lowest BCUT2D eigenvalue weighted by molar-refractivity contribution is -0.137. The summed E-state index contributed by atoms with van der Waals surface area (Å²) in [7, 11) is 0. The highest BCUT2D eigenvalue weighted by atomic mass is 16.2. The summed E-state index contributed by atoms with van der Waals surface area (Å²) < 4.78 is 0. The molecule has 1 aliphatic heterocycles. The van der Waals surface area contributed by atoms with Gasteiger partial charge in [0.25, 0.3) is 11.8 Å². The third kappa shape index (κ3) is 3.64. The maximum atomic E-state index is 13.6. The lowest BCUT2D eigenvalue weighted by Crippen LogP contribution is -2.34. The number of likely N-dealkylation sites (N-methyl/N-ethyl adjacent to an activating group) is 1. The van der Waals surface area contributed by atoms with Crippen LogP contribution in [0, 0.1) is 6.92 Å². The maximum Gasteiger partial charge on any atom is 0.278 e. The van der Waals surface area contributed by atoms with Gasteiger partial charge in [0.1, 0.15) is 5.70 Å². The molecule has 3 aromatic carbocycles. The van der Waals surface area contributed by atoms with Crippen molar-refractivity contribution in [3.63, 3.8) is 0 Å². The van der Waals surface area contributed by atoms with Crippen LogP contribution >= 0.6 is 0 Å². The van der Waals surface area contributed by atoms with Gasteiger partial charge in [-0.05, 0) is 37.1 Å². The molecule has 0 N–H and O–H groups in total. The minimum atomic E-state index is -0.259. The molecule has 0 atom stereocenters. The highest BCUT2D eigenvalue weighted by molar-refractivity contribution is 6.36. The molecule has 0 bridgehead atoms. The summed E-state index contributed by atoms with van der Waals surface area (Å²) in [6.07, 6.45) is 0. The fourth-order valence-electron chi connectivity index (χ4n) is 3.78. The second-order valence-electron chi connectivity index (χ2n) is 7.35. The Bertz CT molecular complexity index is 1090. The Kier molecular flexibility index (Phi) is 5.48. The van der Waals surface area contributed by atoms with Crippen LogP contribution in [0.1, 0.15) is 23.6 Å². The minimum Gasteiger partial charge on any atom is -0.337 e. The van der Waals surface area contributed by atoms with Crippen LogP contribution in [-0.2, 0) is 16.1 Å². The molecule has 0 unspecified atom stereocenters. The second-order valence-corrected chi connectivity index (χ2v) is 7.35. The van der Waals surface area contributed by atoms with E-state index in [4.69, 9.17) is 0 Å². The first kappa shape index (κ1) is 19.6. The van der Waals surface area contributed by atoms with Crippen LogP contribution < -0.4 is 4.90 Å². The van der Waals surface area contributed by atoms with Crippen molar-refractivity contribution in [2.45, 2.75) is 20.4 Å². The van der Waals surface area contributed by atoms with E-state index in [1.165, 1.54) is 4.90 Å². The van der Waals surface area contributed by atoms with Crippen LogP contribution in [0.25, 0.3) is 5.57 Å². The summed E-state index contributed by atoms with van der Waals surface area (Å²) in [5, 5.41) is 0. The van der Waals surface area contributed by atoms with Gasteiger partial charge in [0, 0.05) is 12.2 Å². The number of hydrogen-bond donors (Lipinski definition) is 0. The summed E-state index contributed by atoms with van der Waals surface area (Å²) in [5.74, 6) is -0.512. The molecule has 150 valence electrons. The van der Waals surface area contributed by atoms with Crippen molar-refractivity contribution in [3.8, 4) is 0 Å². The third-order valence-electron chi connectivity index (χ3n) is 5.32. The van der Waals surface area contributed by atoms with E-state index >= 15 is 0 Å². The normalized spacial score (nSPS) is 13.9. The Balaban J connectivity index is 1.82. The Morgan fingerprint density at radius 1 is 0.767 bits per heavy atom. The van der Waals surface area contributed by atoms with E-state index in [2.05, 4.69) is 0 Å². The average Bonchev–Trinajstić information content (AvgIpc) is 3.01. The fraction of sp³-hybridized carbons (Fsp3) is 0.154. The molecule has 3 aromatic rings. The highest BCUT2D eigenvalue weighted by Gasteiger charge is 2.41. The predicted octanol–water partition coefficient (Wildman–Crippen LogP) is 4.80. The van der Waals surface area contributed by atoms with Crippen molar-refractivity contribution in [2.24, 2.45) is 0 Å². The van der Waals surface area contributed by atoms with Crippen LogP contribution in [0.3, 0.4) is 0 Å². The van der Waals surface area contributed by atoms with Crippen molar-refractivity contribution in [1.82, 2.24) is 4.90 Å². The number of para-hydroxylation sites is 1. The number of aryl methyl sites for hydroxylation is 1. The number of anilines is 1. The molecule has 0 saturated heterocycles. The van der Waals surface area contributed by atoms with Gasteiger partial charge in [-0.25, -0.2) is 0 Å². The number of hydrogen-bond acceptors (Lipinski definition) is 3. The number of rotatable bonds is 6. The molecule has 0 fully saturated rings. The molecule has 30 heavy (non-hydrogen) atoms. The smallest absolute Gasteiger partial charge is 0.278 e. The lowest BCUT2D eigenvalue weighted by Gasteiger charge is -2.25. The maximum absolute atomic E-state index is 13.6. The van der Waals surface area contributed by atoms with E-state index < -0.39 is 0 Å². The molecular weight excluding hydrogens is 372 g/mol. The summed E-state index contributed by atoms with van der Waals surface area (Å²) in [6, 6.07) is 27.1. The van der Waals surface area contributed by atoms with E-state index in [-0.39, 0.29) is 18.4 Å². The zero-order chi connectivity index (χ0) is 21.1. The molecule has 1 aliphatic rings. The summed E-state index contributed by atoms with van der Waals surface area (Å²) in [4.78, 5) is 30.3. The van der Waals surface area contributed by atoms with Gasteiger partial charge in [0.2, 0.25) is 0 Å². The summed E-state index contributed by atoms with van der Waals surface area (Å²) >= 11 is 0. The number of benzene rings is 3. The first-order valence-electron chi connectivity index (χ1n) is 10.1. The first-order chi connectivity index (χ1) is 14.6. The van der Waals surface area contributed by atoms with E-state index in [0.717, 1.165) is 22.4 Å². The van der Waals surface area contributed by atoms with Crippen LogP contribution in [0.4, 0.5) is 5.69 Å². The monoisotopic (exact) mass is 396 g/mol. The van der Waals surface area contributed by atoms with E-state index in [0.29, 0.717) is 17.8 Å². The summed E-state index contributed by atoms with van der Waals surface area (Å²) in [5.41, 5.74) is 4.58. The summed E-state index contributed by atoms with van der Waals surface area (Å²) in [6.45, 7) is 4.83. The van der Waals surface area contributed by atoms with Crippen LogP contribution in [0.5, 0.6) is 0 Å². The Morgan fingerprint density at radius 3 is 1.97 bits per heavy atom. The second kappa shape index (κ2) is 8.37. The standard InChI is InChI=1S/C26H24N2O2/c1-3-27(22-12-8-5-9-13-22)24-23(21-16-14-19(2)15-17-21)25(29)28(26(24)30)18-20-10-6-4-7-11-20/h4-17H,3,18H2,1-2H3. The van der Waals surface area contributed by atoms with Crippen molar-refractivity contribution < 1.29 is 9.59 Å². The van der Waals surface area contributed by atoms with Gasteiger partial charge >= 0.3 is 0 Å². The van der Waals surface area contributed by atoms with Crippen molar-refractivity contribution in [2.75, 3.05) is 11.4 Å². The molecule has 0 saturated carbocycles. The van der Waals surface area contributed by atoms with Gasteiger partial charge in [-0.15, -0.1) is 0 Å². The van der Waals surface area contributed by atoms with Crippen LogP contribution in [0.15, 0.2) is 90.6 Å². The fourth-order valence-corrected chi connectivity index (χ4v) is 3.78. The van der Waals surface area contributed by atoms with Gasteiger partial charge in [-0.2, -0.15) is 0 Å². The van der Waals surface area contributed by atoms with E-state index in [9.17, 15) is 9.59 Å². The zero-order valence-corrected chi connectivity index (χ0v) is 17.2. The lowest BCUT2D eigenvalue weighted by atomic mass is 10.0. The molecule has 1 heterocycles.